The molecule has 0 spiro atoms. The third-order valence-corrected chi connectivity index (χ3v) is 0.843. The van der Waals surface area contributed by atoms with Crippen LogP contribution >= 0.6 is 0 Å². The summed E-state index contributed by atoms with van der Waals surface area (Å²) in [4.78, 5) is 0. The average molecular weight is 127 g/mol. The predicted octanol–water partition coefficient (Wildman–Crippen LogP) is 1.10. The molecule has 0 radical (unpaired) electrons. The average Bonchev–Trinajstić information content (AvgIpc) is 1.63. The monoisotopic (exact) mass is 127 g/mol. The highest BCUT2D eigenvalue weighted by molar-refractivity contribution is 5.18. The first-order valence-electron chi connectivity index (χ1n) is 2.76. The van der Waals surface area contributed by atoms with Crippen LogP contribution in [0.3, 0.4) is 0 Å². The molecule has 0 atom stereocenters. The number of allylic oxidation sites excluding steroid dienone is 3. The summed E-state index contributed by atoms with van der Waals surface area (Å²) in [6.07, 6.45) is 1.64. The third-order valence-electron chi connectivity index (χ3n) is 0.843. The Balaban J connectivity index is 4.25. The summed E-state index contributed by atoms with van der Waals surface area (Å²) in [5, 5.41) is 18.5. The Morgan fingerprint density at radius 2 is 1.78 bits per heavy atom. The molecule has 1 N–H and O–H groups in total. The lowest BCUT2D eigenvalue weighted by Gasteiger charge is -2.01. The van der Waals surface area contributed by atoms with Gasteiger partial charge < -0.3 is 10.2 Å². The smallest absolute Gasteiger partial charge is 0.0512 e. The highest BCUT2D eigenvalue weighted by Gasteiger charge is 1.83. The van der Waals surface area contributed by atoms with E-state index in [0.717, 1.165) is 5.57 Å². The number of aliphatic hydroxyl groups excluding tert-OH is 1. The Morgan fingerprint density at radius 3 is 1.89 bits per heavy atom. The summed E-state index contributed by atoms with van der Waals surface area (Å²) in [7, 11) is 0. The van der Waals surface area contributed by atoms with E-state index in [2.05, 4.69) is 0 Å². The van der Waals surface area contributed by atoms with E-state index in [0.29, 0.717) is 5.57 Å². The zero-order valence-electron chi connectivity index (χ0n) is 5.93. The van der Waals surface area contributed by atoms with E-state index in [-0.39, 0.29) is 0 Å². The number of hydrogen-bond acceptors (Lipinski definition) is 2. The van der Waals surface area contributed by atoms with Crippen molar-refractivity contribution in [2.24, 2.45) is 0 Å². The first-order valence-corrected chi connectivity index (χ1v) is 2.76. The molecule has 2 nitrogen and oxygen atoms in total. The van der Waals surface area contributed by atoms with Crippen LogP contribution in [0.2, 0.25) is 0 Å². The molecular formula is C7H11O2-. The van der Waals surface area contributed by atoms with Crippen molar-refractivity contribution in [3.63, 3.8) is 0 Å². The van der Waals surface area contributed by atoms with Gasteiger partial charge in [-0.15, -0.1) is 0 Å². The zero-order chi connectivity index (χ0) is 7.44. The molecule has 0 aliphatic heterocycles. The van der Waals surface area contributed by atoms with Crippen LogP contribution in [0.15, 0.2) is 23.2 Å². The van der Waals surface area contributed by atoms with Crippen LogP contribution in [-0.4, -0.2) is 5.11 Å². The largest absolute Gasteiger partial charge is 0.629 e. The van der Waals surface area contributed by atoms with Gasteiger partial charge in [0.2, 0.25) is 0 Å². The molecule has 0 aliphatic rings. The van der Waals surface area contributed by atoms with Crippen molar-refractivity contribution in [1.29, 1.82) is 0 Å². The van der Waals surface area contributed by atoms with E-state index < -0.39 is 5.95 Å². The van der Waals surface area contributed by atoms with Crippen LogP contribution < -0.4 is 5.11 Å². The summed E-state index contributed by atoms with van der Waals surface area (Å²) < 4.78 is 0. The van der Waals surface area contributed by atoms with Gasteiger partial charge in [-0.3, -0.25) is 0 Å². The van der Waals surface area contributed by atoms with Crippen molar-refractivity contribution >= 4 is 0 Å². The van der Waals surface area contributed by atoms with Crippen molar-refractivity contribution in [3.05, 3.63) is 23.2 Å². The molecule has 0 saturated heterocycles. The van der Waals surface area contributed by atoms with Crippen molar-refractivity contribution in [2.75, 3.05) is 0 Å². The van der Waals surface area contributed by atoms with Crippen molar-refractivity contribution in [3.8, 4) is 0 Å². The molecular weight excluding hydrogens is 116 g/mol. The van der Waals surface area contributed by atoms with Gasteiger partial charge in [-0.2, -0.15) is 0 Å². The fraction of sp³-hybridized carbons (Fsp3) is 0.429. The molecule has 2 heteroatoms. The minimum Gasteiger partial charge on any atom is -0.629 e. The van der Waals surface area contributed by atoms with Crippen molar-refractivity contribution in [2.45, 2.75) is 20.8 Å². The highest BCUT2D eigenvalue weighted by atomic mass is 16.5. The second-order valence-corrected chi connectivity index (χ2v) is 2.21. The Bertz CT molecular complexity index is 146. The van der Waals surface area contributed by atoms with Gasteiger partial charge in [-0.05, 0) is 26.3 Å². The van der Waals surface area contributed by atoms with Gasteiger partial charge in [0.1, 0.15) is 0 Å². The van der Waals surface area contributed by atoms with Crippen LogP contribution in [0.25, 0.3) is 0 Å². The minimum absolute atomic E-state index is 0.384. The fourth-order valence-electron chi connectivity index (χ4n) is 0.495. The number of hydrogen-bond donors (Lipinski definition) is 1. The molecule has 0 rings (SSSR count). The van der Waals surface area contributed by atoms with Crippen LogP contribution in [0.4, 0.5) is 0 Å². The molecule has 0 fully saturated rings. The Kier molecular flexibility index (Phi) is 2.85. The summed E-state index contributed by atoms with van der Waals surface area (Å²) in [6.45, 7) is 5.31. The molecule has 0 unspecified atom stereocenters. The quantitative estimate of drug-likeness (QED) is 0.423. The van der Waals surface area contributed by atoms with Crippen LogP contribution in [0.1, 0.15) is 20.8 Å². The summed E-state index contributed by atoms with van der Waals surface area (Å²) in [5.74, 6) is -0.851. The van der Waals surface area contributed by atoms with E-state index in [9.17, 15) is 5.11 Å². The lowest BCUT2D eigenvalue weighted by Crippen LogP contribution is -2.03. The molecule has 0 aromatic heterocycles. The van der Waals surface area contributed by atoms with Gasteiger partial charge >= 0.3 is 0 Å². The van der Waals surface area contributed by atoms with Gasteiger partial charge in [-0.1, -0.05) is 11.6 Å². The number of aliphatic hydroxyl groups is 1. The standard InChI is InChI=1S/C7H12O2/c1-5(2)4-6(3)7(8)9/h4,8-9H,1-3H3/p-1. The van der Waals surface area contributed by atoms with Crippen molar-refractivity contribution in [1.82, 2.24) is 0 Å². The van der Waals surface area contributed by atoms with E-state index in [4.69, 9.17) is 5.11 Å². The van der Waals surface area contributed by atoms with Gasteiger partial charge in [-0.25, -0.2) is 0 Å². The second kappa shape index (κ2) is 3.17. The Labute approximate surface area is 55.1 Å². The maximum Gasteiger partial charge on any atom is 0.0512 e. The van der Waals surface area contributed by atoms with Crippen LogP contribution in [0.5, 0.6) is 0 Å². The molecule has 52 valence electrons. The van der Waals surface area contributed by atoms with Crippen LogP contribution in [-0.2, 0) is 0 Å². The molecule has 0 saturated carbocycles. The second-order valence-electron chi connectivity index (χ2n) is 2.21. The maximum atomic E-state index is 10.2. The van der Waals surface area contributed by atoms with E-state index in [1.165, 1.54) is 0 Å². The predicted molar refractivity (Wildman–Crippen MR) is 34.8 cm³/mol. The fourth-order valence-corrected chi connectivity index (χ4v) is 0.495. The van der Waals surface area contributed by atoms with E-state index >= 15 is 0 Å². The normalized spacial score (nSPS) is 12.3. The van der Waals surface area contributed by atoms with Gasteiger partial charge in [0.15, 0.2) is 0 Å². The van der Waals surface area contributed by atoms with Gasteiger partial charge in [0, 0.05) is 0 Å². The zero-order valence-corrected chi connectivity index (χ0v) is 5.93. The minimum atomic E-state index is -0.851. The Morgan fingerprint density at radius 1 is 1.33 bits per heavy atom. The highest BCUT2D eigenvalue weighted by Crippen LogP contribution is 2.00. The Hall–Kier alpha value is -0.920. The molecule has 0 amide bonds. The lowest BCUT2D eigenvalue weighted by atomic mass is 10.2. The summed E-state index contributed by atoms with van der Waals surface area (Å²) in [5.41, 5.74) is 1.39. The van der Waals surface area contributed by atoms with Gasteiger partial charge in [0.05, 0.1) is 5.95 Å². The summed E-state index contributed by atoms with van der Waals surface area (Å²) >= 11 is 0. The molecule has 9 heavy (non-hydrogen) atoms. The van der Waals surface area contributed by atoms with E-state index in [1.54, 1.807) is 13.0 Å². The molecule has 0 bridgehead atoms. The van der Waals surface area contributed by atoms with Gasteiger partial charge in [0.25, 0.3) is 0 Å². The van der Waals surface area contributed by atoms with Crippen LogP contribution in [0, 0.1) is 0 Å². The molecule has 0 aromatic rings. The molecule has 0 aliphatic carbocycles. The van der Waals surface area contributed by atoms with Crippen molar-refractivity contribution < 1.29 is 10.2 Å². The lowest BCUT2D eigenvalue weighted by molar-refractivity contribution is -0.349. The summed E-state index contributed by atoms with van der Waals surface area (Å²) in [6, 6.07) is 0. The maximum absolute atomic E-state index is 10.2. The molecule has 0 aromatic carbocycles. The molecule has 0 heterocycles. The number of rotatable bonds is 1. The third kappa shape index (κ3) is 3.64. The first-order chi connectivity index (χ1) is 4.04. The SMILES string of the molecule is CC(C)=CC(C)=C([O-])O. The first kappa shape index (κ1) is 8.08. The van der Waals surface area contributed by atoms with E-state index in [1.807, 2.05) is 13.8 Å². The topological polar surface area (TPSA) is 43.3 Å².